The molecule has 0 saturated carbocycles. The first-order valence-corrected chi connectivity index (χ1v) is 20.9. The average Bonchev–Trinajstić information content (AvgIpc) is 3.07. The molecule has 0 bridgehead atoms. The summed E-state index contributed by atoms with van der Waals surface area (Å²) < 4.78 is 10.9. The van der Waals surface area contributed by atoms with Gasteiger partial charge >= 0.3 is 17.9 Å². The standard InChI is InChI=1S/C42H80O7/c1-37(28-22-34-43)25-16-11-5-8-14-20-32-41(46)49-36-24-30-39(3)27-18-12-6-9-15-21-33-42(47)48-35-23-29-38(2)26-17-10-4-7-13-19-31-40(44)45/h37-39,43H,4-36H2,1-3H3,(H,44,45). The zero-order valence-corrected chi connectivity index (χ0v) is 32.5. The Labute approximate surface area is 302 Å². The number of carboxylic acid groups (broad SMARTS) is 1. The van der Waals surface area contributed by atoms with Gasteiger partial charge in [-0.1, -0.05) is 136 Å². The second-order valence-corrected chi connectivity index (χ2v) is 15.3. The third-order valence-corrected chi connectivity index (χ3v) is 10.1. The third-order valence-electron chi connectivity index (χ3n) is 10.1. The van der Waals surface area contributed by atoms with Crippen LogP contribution >= 0.6 is 0 Å². The summed E-state index contributed by atoms with van der Waals surface area (Å²) in [5.74, 6) is 1.27. The number of carbonyl (C=O) groups is 3. The Hall–Kier alpha value is -1.63. The number of ether oxygens (including phenoxy) is 2. The fourth-order valence-electron chi connectivity index (χ4n) is 6.67. The van der Waals surface area contributed by atoms with Crippen molar-refractivity contribution in [3.05, 3.63) is 0 Å². The highest BCUT2D eigenvalue weighted by atomic mass is 16.5. The summed E-state index contributed by atoms with van der Waals surface area (Å²) in [4.78, 5) is 34.6. The Balaban J connectivity index is 3.43. The van der Waals surface area contributed by atoms with E-state index in [1.807, 2.05) is 0 Å². The lowest BCUT2D eigenvalue weighted by atomic mass is 9.97. The van der Waals surface area contributed by atoms with Gasteiger partial charge in [-0.05, 0) is 75.5 Å². The number of rotatable bonds is 38. The molecule has 7 heteroatoms. The van der Waals surface area contributed by atoms with Gasteiger partial charge in [-0.3, -0.25) is 14.4 Å². The number of aliphatic hydroxyl groups is 1. The van der Waals surface area contributed by atoms with Gasteiger partial charge in [0.05, 0.1) is 13.2 Å². The van der Waals surface area contributed by atoms with Crippen molar-refractivity contribution in [1.29, 1.82) is 0 Å². The summed E-state index contributed by atoms with van der Waals surface area (Å²) in [5, 5.41) is 17.6. The monoisotopic (exact) mass is 697 g/mol. The highest BCUT2D eigenvalue weighted by Crippen LogP contribution is 2.19. The average molecular weight is 697 g/mol. The van der Waals surface area contributed by atoms with Crippen LogP contribution in [0, 0.1) is 17.8 Å². The van der Waals surface area contributed by atoms with E-state index in [9.17, 15) is 14.4 Å². The first-order valence-electron chi connectivity index (χ1n) is 20.9. The van der Waals surface area contributed by atoms with E-state index in [1.165, 1.54) is 89.9 Å². The van der Waals surface area contributed by atoms with E-state index in [1.54, 1.807) is 0 Å². The molecule has 0 aromatic rings. The van der Waals surface area contributed by atoms with Crippen LogP contribution in [0.2, 0.25) is 0 Å². The SMILES string of the molecule is CC(CCCO)CCCCCCCCC(=O)OCCCC(C)CCCCCCCCC(=O)OCCCC(C)CCCCCCCCC(=O)O. The summed E-state index contributed by atoms with van der Waals surface area (Å²) in [7, 11) is 0. The van der Waals surface area contributed by atoms with Gasteiger partial charge < -0.3 is 19.7 Å². The Kier molecular flexibility index (Phi) is 35.0. The number of hydrogen-bond donors (Lipinski definition) is 2. The molecule has 49 heavy (non-hydrogen) atoms. The lowest BCUT2D eigenvalue weighted by Gasteiger charge is -2.12. The highest BCUT2D eigenvalue weighted by molar-refractivity contribution is 5.69. The molecule has 0 amide bonds. The topological polar surface area (TPSA) is 110 Å². The van der Waals surface area contributed by atoms with Crippen molar-refractivity contribution in [2.24, 2.45) is 17.8 Å². The predicted octanol–water partition coefficient (Wildman–Crippen LogP) is 11.8. The van der Waals surface area contributed by atoms with Gasteiger partial charge in [0.15, 0.2) is 0 Å². The van der Waals surface area contributed by atoms with Crippen LogP contribution in [0.5, 0.6) is 0 Å². The molecule has 0 saturated heterocycles. The first kappa shape index (κ1) is 47.4. The van der Waals surface area contributed by atoms with Crippen LogP contribution < -0.4 is 0 Å². The number of hydrogen-bond acceptors (Lipinski definition) is 6. The normalized spacial score (nSPS) is 13.2. The molecule has 0 aliphatic rings. The fourth-order valence-corrected chi connectivity index (χ4v) is 6.67. The maximum absolute atomic E-state index is 12.0. The van der Waals surface area contributed by atoms with E-state index in [0.29, 0.717) is 50.9 Å². The van der Waals surface area contributed by atoms with E-state index in [4.69, 9.17) is 19.7 Å². The molecule has 0 radical (unpaired) electrons. The molecule has 0 aromatic heterocycles. The number of carboxylic acids is 1. The van der Waals surface area contributed by atoms with Crippen molar-refractivity contribution in [1.82, 2.24) is 0 Å². The second kappa shape index (κ2) is 36.2. The largest absolute Gasteiger partial charge is 0.481 e. The molecule has 0 aliphatic heterocycles. The molecule has 0 rings (SSSR count). The van der Waals surface area contributed by atoms with Gasteiger partial charge in [-0.2, -0.15) is 0 Å². The van der Waals surface area contributed by atoms with Gasteiger partial charge in [0.1, 0.15) is 0 Å². The van der Waals surface area contributed by atoms with Gasteiger partial charge in [0, 0.05) is 25.9 Å². The van der Waals surface area contributed by atoms with E-state index in [2.05, 4.69) is 20.8 Å². The molecule has 3 atom stereocenters. The van der Waals surface area contributed by atoms with Gasteiger partial charge in [-0.25, -0.2) is 0 Å². The minimum atomic E-state index is -0.691. The van der Waals surface area contributed by atoms with Crippen LogP contribution in [-0.4, -0.2) is 47.9 Å². The Bertz CT molecular complexity index is 755. The van der Waals surface area contributed by atoms with Crippen molar-refractivity contribution in [2.75, 3.05) is 19.8 Å². The van der Waals surface area contributed by atoms with Crippen LogP contribution in [0.1, 0.15) is 213 Å². The van der Waals surface area contributed by atoms with E-state index in [0.717, 1.165) is 89.4 Å². The molecule has 0 aromatic carbocycles. The zero-order chi connectivity index (χ0) is 36.2. The van der Waals surface area contributed by atoms with Crippen LogP contribution in [0.3, 0.4) is 0 Å². The molecule has 7 nitrogen and oxygen atoms in total. The van der Waals surface area contributed by atoms with Crippen molar-refractivity contribution in [3.63, 3.8) is 0 Å². The van der Waals surface area contributed by atoms with E-state index >= 15 is 0 Å². The van der Waals surface area contributed by atoms with Crippen molar-refractivity contribution in [3.8, 4) is 0 Å². The lowest BCUT2D eigenvalue weighted by molar-refractivity contribution is -0.144. The zero-order valence-electron chi connectivity index (χ0n) is 32.5. The van der Waals surface area contributed by atoms with Crippen LogP contribution in [-0.2, 0) is 23.9 Å². The summed E-state index contributed by atoms with van der Waals surface area (Å²) in [6.45, 7) is 8.28. The molecular formula is C42H80O7. The predicted molar refractivity (Wildman–Crippen MR) is 203 cm³/mol. The lowest BCUT2D eigenvalue weighted by Crippen LogP contribution is -2.07. The van der Waals surface area contributed by atoms with Crippen molar-refractivity contribution in [2.45, 2.75) is 213 Å². The summed E-state index contributed by atoms with van der Waals surface area (Å²) in [6.07, 6.45) is 31.9. The van der Waals surface area contributed by atoms with Crippen LogP contribution in [0.4, 0.5) is 0 Å². The number of carbonyl (C=O) groups excluding carboxylic acids is 2. The van der Waals surface area contributed by atoms with Crippen molar-refractivity contribution >= 4 is 17.9 Å². The maximum Gasteiger partial charge on any atom is 0.305 e. The number of aliphatic carboxylic acids is 1. The highest BCUT2D eigenvalue weighted by Gasteiger charge is 2.08. The molecule has 0 fully saturated rings. The molecule has 2 N–H and O–H groups in total. The van der Waals surface area contributed by atoms with E-state index in [-0.39, 0.29) is 11.9 Å². The summed E-state index contributed by atoms with van der Waals surface area (Å²) in [5.41, 5.74) is 0. The van der Waals surface area contributed by atoms with Crippen molar-refractivity contribution < 1.29 is 34.1 Å². The first-order chi connectivity index (χ1) is 23.7. The van der Waals surface area contributed by atoms with E-state index < -0.39 is 5.97 Å². The van der Waals surface area contributed by atoms with Gasteiger partial charge in [-0.15, -0.1) is 0 Å². The van der Waals surface area contributed by atoms with Crippen LogP contribution in [0.15, 0.2) is 0 Å². The number of esters is 2. The quantitative estimate of drug-likeness (QED) is 0.0488. The van der Waals surface area contributed by atoms with Gasteiger partial charge in [0.25, 0.3) is 0 Å². The maximum atomic E-state index is 12.0. The van der Waals surface area contributed by atoms with Crippen LogP contribution in [0.25, 0.3) is 0 Å². The molecule has 0 heterocycles. The Morgan fingerprint density at radius 1 is 0.408 bits per heavy atom. The molecule has 3 unspecified atom stereocenters. The molecular weight excluding hydrogens is 616 g/mol. The third kappa shape index (κ3) is 37.5. The Morgan fingerprint density at radius 2 is 0.694 bits per heavy atom. The summed E-state index contributed by atoms with van der Waals surface area (Å²) in [6, 6.07) is 0. The summed E-state index contributed by atoms with van der Waals surface area (Å²) >= 11 is 0. The van der Waals surface area contributed by atoms with Gasteiger partial charge in [0.2, 0.25) is 0 Å². The molecule has 0 spiro atoms. The molecule has 290 valence electrons. The minimum absolute atomic E-state index is 0.0357. The number of aliphatic hydroxyl groups excluding tert-OH is 1. The minimum Gasteiger partial charge on any atom is -0.481 e. The second-order valence-electron chi connectivity index (χ2n) is 15.3. The number of unbranched alkanes of at least 4 members (excludes halogenated alkanes) is 15. The Morgan fingerprint density at radius 3 is 1.04 bits per heavy atom. The fraction of sp³-hybridized carbons (Fsp3) is 0.929. The smallest absolute Gasteiger partial charge is 0.305 e. The molecule has 0 aliphatic carbocycles.